The Kier molecular flexibility index (Phi) is 7.34. The fourth-order valence-electron chi connectivity index (χ4n) is 4.12. The molecule has 1 aliphatic rings. The lowest BCUT2D eigenvalue weighted by Gasteiger charge is -2.24. The highest BCUT2D eigenvalue weighted by Gasteiger charge is 2.17. The Balaban J connectivity index is 2.34. The molecule has 0 bridgehead atoms. The van der Waals surface area contributed by atoms with Gasteiger partial charge in [0, 0.05) is 0 Å². The lowest BCUT2D eigenvalue weighted by atomic mass is 9.82. The minimum absolute atomic E-state index is 0.789. The molecule has 1 aromatic rings. The van der Waals surface area contributed by atoms with E-state index in [0.717, 1.165) is 12.3 Å². The number of rotatable bonds is 6. The number of aryl methyl sites for hydroxylation is 3. The van der Waals surface area contributed by atoms with Gasteiger partial charge >= 0.3 is 0 Å². The van der Waals surface area contributed by atoms with E-state index in [1.165, 1.54) is 72.8 Å². The second-order valence-electron chi connectivity index (χ2n) is 7.60. The van der Waals surface area contributed by atoms with Crippen LogP contribution < -0.4 is 0 Å². The minimum Gasteiger partial charge on any atom is -0.0810 e. The smallest absolute Gasteiger partial charge is 0.0165 e. The molecule has 0 unspecified atom stereocenters. The number of benzene rings is 1. The zero-order valence-electron chi connectivity index (χ0n) is 16.5. The molecule has 0 nitrogen and oxygen atoms in total. The van der Waals surface area contributed by atoms with Crippen molar-refractivity contribution in [1.82, 2.24) is 0 Å². The molecule has 0 atom stereocenters. The van der Waals surface area contributed by atoms with Crippen molar-refractivity contribution in [2.75, 3.05) is 0 Å². The Labute approximate surface area is 150 Å². The van der Waals surface area contributed by atoms with Crippen LogP contribution in [0.25, 0.3) is 5.57 Å². The Morgan fingerprint density at radius 3 is 2.38 bits per heavy atom. The highest BCUT2D eigenvalue weighted by Crippen LogP contribution is 2.33. The van der Waals surface area contributed by atoms with Gasteiger partial charge in [0.15, 0.2) is 0 Å². The van der Waals surface area contributed by atoms with Crippen LogP contribution in [0.5, 0.6) is 0 Å². The van der Waals surface area contributed by atoms with Crippen molar-refractivity contribution in [1.29, 1.82) is 0 Å². The van der Waals surface area contributed by atoms with Gasteiger partial charge in [0.1, 0.15) is 0 Å². The molecule has 0 radical (unpaired) electrons. The first-order chi connectivity index (χ1) is 11.6. The Bertz CT molecular complexity index is 595. The van der Waals surface area contributed by atoms with Gasteiger partial charge < -0.3 is 0 Å². The SMILES string of the molecule is CCC/C=C(/C=C(/C)c1cc(CC)c(C)cc1C)C1CCCCC1. The van der Waals surface area contributed by atoms with Gasteiger partial charge in [-0.15, -0.1) is 0 Å². The summed E-state index contributed by atoms with van der Waals surface area (Å²) in [5, 5.41) is 0. The van der Waals surface area contributed by atoms with Crippen LogP contribution in [0.1, 0.15) is 88.0 Å². The van der Waals surface area contributed by atoms with E-state index in [1.54, 1.807) is 5.57 Å². The van der Waals surface area contributed by atoms with Gasteiger partial charge in [0.05, 0.1) is 0 Å². The summed E-state index contributed by atoms with van der Waals surface area (Å²) in [6.07, 6.45) is 15.6. The van der Waals surface area contributed by atoms with Crippen LogP contribution in [0, 0.1) is 19.8 Å². The first-order valence-corrected chi connectivity index (χ1v) is 10.1. The van der Waals surface area contributed by atoms with Crippen LogP contribution in [0.3, 0.4) is 0 Å². The Morgan fingerprint density at radius 2 is 1.75 bits per heavy atom. The van der Waals surface area contributed by atoms with E-state index in [1.807, 2.05) is 0 Å². The van der Waals surface area contributed by atoms with Gasteiger partial charge in [-0.25, -0.2) is 0 Å². The van der Waals surface area contributed by atoms with E-state index in [0.29, 0.717) is 0 Å². The van der Waals surface area contributed by atoms with E-state index in [2.05, 4.69) is 58.9 Å². The van der Waals surface area contributed by atoms with E-state index >= 15 is 0 Å². The third-order valence-electron chi connectivity index (χ3n) is 5.62. The summed E-state index contributed by atoms with van der Waals surface area (Å²) < 4.78 is 0. The number of hydrogen-bond acceptors (Lipinski definition) is 0. The largest absolute Gasteiger partial charge is 0.0810 e. The quantitative estimate of drug-likeness (QED) is 0.473. The van der Waals surface area contributed by atoms with Gasteiger partial charge in [-0.2, -0.15) is 0 Å². The standard InChI is InChI=1S/C24H36/c1-6-8-12-23(22-13-10-9-11-14-22)16-20(5)24-17-21(7-2)18(3)15-19(24)4/h12,15-17,22H,6-11,13-14H2,1-5H3/b20-16-,23-12-. The molecule has 24 heavy (non-hydrogen) atoms. The van der Waals surface area contributed by atoms with Crippen LogP contribution in [0.2, 0.25) is 0 Å². The molecule has 0 aliphatic heterocycles. The van der Waals surface area contributed by atoms with Crippen molar-refractivity contribution in [3.05, 3.63) is 52.1 Å². The second-order valence-corrected chi connectivity index (χ2v) is 7.60. The maximum Gasteiger partial charge on any atom is -0.0165 e. The Hall–Kier alpha value is -1.30. The highest BCUT2D eigenvalue weighted by molar-refractivity contribution is 5.70. The normalized spacial score (nSPS) is 17.4. The molecule has 0 amide bonds. The number of allylic oxidation sites excluding steroid dienone is 4. The number of hydrogen-bond donors (Lipinski definition) is 0. The van der Waals surface area contributed by atoms with Crippen molar-refractivity contribution in [2.45, 2.75) is 86.0 Å². The Morgan fingerprint density at radius 1 is 1.04 bits per heavy atom. The highest BCUT2D eigenvalue weighted by atomic mass is 14.2. The summed E-state index contributed by atoms with van der Waals surface area (Å²) >= 11 is 0. The molecule has 132 valence electrons. The third-order valence-corrected chi connectivity index (χ3v) is 5.62. The fraction of sp³-hybridized carbons (Fsp3) is 0.583. The van der Waals surface area contributed by atoms with Crippen LogP contribution in [0.15, 0.2) is 29.9 Å². The lowest BCUT2D eigenvalue weighted by molar-refractivity contribution is 0.407. The predicted octanol–water partition coefficient (Wildman–Crippen LogP) is 7.58. The second kappa shape index (κ2) is 9.25. The van der Waals surface area contributed by atoms with Crippen molar-refractivity contribution < 1.29 is 0 Å². The molecule has 1 fully saturated rings. The van der Waals surface area contributed by atoms with Gasteiger partial charge in [-0.3, -0.25) is 0 Å². The first kappa shape index (κ1) is 19.0. The van der Waals surface area contributed by atoms with Crippen molar-refractivity contribution >= 4 is 5.57 Å². The molecule has 0 heterocycles. The zero-order valence-corrected chi connectivity index (χ0v) is 16.5. The third kappa shape index (κ3) is 4.85. The zero-order chi connectivity index (χ0) is 17.5. The lowest BCUT2D eigenvalue weighted by Crippen LogP contribution is -2.08. The molecule has 1 aromatic carbocycles. The minimum atomic E-state index is 0.789. The van der Waals surface area contributed by atoms with Gasteiger partial charge in [-0.05, 0) is 85.8 Å². The van der Waals surface area contributed by atoms with Gasteiger partial charge in [0.25, 0.3) is 0 Å². The molecule has 0 heteroatoms. The van der Waals surface area contributed by atoms with E-state index in [-0.39, 0.29) is 0 Å². The first-order valence-electron chi connectivity index (χ1n) is 10.1. The molecule has 0 saturated heterocycles. The van der Waals surface area contributed by atoms with Crippen LogP contribution in [-0.4, -0.2) is 0 Å². The molecule has 1 saturated carbocycles. The van der Waals surface area contributed by atoms with E-state index in [4.69, 9.17) is 0 Å². The van der Waals surface area contributed by atoms with E-state index < -0.39 is 0 Å². The predicted molar refractivity (Wildman–Crippen MR) is 109 cm³/mol. The topological polar surface area (TPSA) is 0 Å². The van der Waals surface area contributed by atoms with Crippen LogP contribution >= 0.6 is 0 Å². The maximum atomic E-state index is 2.52. The summed E-state index contributed by atoms with van der Waals surface area (Å²) in [6.45, 7) is 11.3. The summed E-state index contributed by atoms with van der Waals surface area (Å²) in [4.78, 5) is 0. The van der Waals surface area contributed by atoms with Gasteiger partial charge in [0.2, 0.25) is 0 Å². The molecular formula is C24H36. The van der Waals surface area contributed by atoms with Crippen molar-refractivity contribution in [3.8, 4) is 0 Å². The average Bonchev–Trinajstić information content (AvgIpc) is 2.59. The molecule has 0 N–H and O–H groups in total. The monoisotopic (exact) mass is 324 g/mol. The summed E-state index contributed by atoms with van der Waals surface area (Å²) in [6, 6.07) is 4.79. The van der Waals surface area contributed by atoms with Crippen LogP contribution in [0.4, 0.5) is 0 Å². The molecule has 2 rings (SSSR count). The average molecular weight is 325 g/mol. The van der Waals surface area contributed by atoms with Crippen molar-refractivity contribution in [2.24, 2.45) is 5.92 Å². The van der Waals surface area contributed by atoms with Crippen molar-refractivity contribution in [3.63, 3.8) is 0 Å². The molecule has 0 aromatic heterocycles. The summed E-state index contributed by atoms with van der Waals surface area (Å²) in [7, 11) is 0. The molecule has 0 spiro atoms. The summed E-state index contributed by atoms with van der Waals surface area (Å²) in [5.41, 5.74) is 8.82. The van der Waals surface area contributed by atoms with Crippen LogP contribution in [-0.2, 0) is 6.42 Å². The number of unbranched alkanes of at least 4 members (excludes halogenated alkanes) is 1. The molecular weight excluding hydrogens is 288 g/mol. The fourth-order valence-corrected chi connectivity index (χ4v) is 4.12. The van der Waals surface area contributed by atoms with Gasteiger partial charge in [-0.1, -0.05) is 63.8 Å². The summed E-state index contributed by atoms with van der Waals surface area (Å²) in [5.74, 6) is 0.789. The van der Waals surface area contributed by atoms with E-state index in [9.17, 15) is 0 Å². The molecule has 1 aliphatic carbocycles. The maximum absolute atomic E-state index is 2.52.